The van der Waals surface area contributed by atoms with E-state index in [0.29, 0.717) is 13.0 Å². The first kappa shape index (κ1) is 22.6. The van der Waals surface area contributed by atoms with E-state index < -0.39 is 6.04 Å². The molecule has 3 aromatic rings. The summed E-state index contributed by atoms with van der Waals surface area (Å²) in [7, 11) is 3.28. The number of methoxy groups -OCH3 is 2. The van der Waals surface area contributed by atoms with Crippen LogP contribution in [-0.2, 0) is 17.6 Å². The summed E-state index contributed by atoms with van der Waals surface area (Å²) in [6, 6.07) is 15.2. The summed E-state index contributed by atoms with van der Waals surface area (Å²) < 4.78 is 10.7. The van der Waals surface area contributed by atoms with E-state index in [9.17, 15) is 4.79 Å². The molecular weight excluding hydrogens is 390 g/mol. The average molecular weight is 418 g/mol. The molecule has 0 spiro atoms. The third kappa shape index (κ3) is 5.89. The molecule has 7 heteroatoms. The minimum Gasteiger partial charge on any atom is -0.497 e. The number of halogens is 1. The van der Waals surface area contributed by atoms with Crippen LogP contribution in [0.5, 0.6) is 11.5 Å². The number of nitrogens with two attached hydrogens (primary N) is 1. The molecule has 1 amide bonds. The Hall–Kier alpha value is -2.70. The molecular formula is C22H28ClN3O3. The summed E-state index contributed by atoms with van der Waals surface area (Å²) in [6.45, 7) is 0.581. The van der Waals surface area contributed by atoms with Crippen molar-refractivity contribution in [1.82, 2.24) is 10.3 Å². The SMILES string of the molecule is COc1cc(OC)c2cc(CCCNC(=O)[C@@H](N)Cc3ccccc3)[nH]c2c1.Cl. The zero-order valence-corrected chi connectivity index (χ0v) is 17.6. The molecule has 2 aromatic carbocycles. The number of rotatable bonds is 9. The van der Waals surface area contributed by atoms with Crippen LogP contribution in [0.15, 0.2) is 48.5 Å². The summed E-state index contributed by atoms with van der Waals surface area (Å²) in [6.07, 6.45) is 2.17. The first-order chi connectivity index (χ1) is 13.6. The number of aromatic amines is 1. The second kappa shape index (κ2) is 10.7. The van der Waals surface area contributed by atoms with Gasteiger partial charge in [-0.3, -0.25) is 4.79 Å². The molecule has 156 valence electrons. The maximum atomic E-state index is 12.2. The van der Waals surface area contributed by atoms with Gasteiger partial charge in [-0.25, -0.2) is 0 Å². The van der Waals surface area contributed by atoms with Gasteiger partial charge in [0.15, 0.2) is 0 Å². The van der Waals surface area contributed by atoms with Crippen molar-refractivity contribution in [3.63, 3.8) is 0 Å². The molecule has 29 heavy (non-hydrogen) atoms. The van der Waals surface area contributed by atoms with Gasteiger partial charge in [-0.15, -0.1) is 12.4 Å². The van der Waals surface area contributed by atoms with Crippen LogP contribution in [0.1, 0.15) is 17.7 Å². The van der Waals surface area contributed by atoms with Crippen molar-refractivity contribution in [2.45, 2.75) is 25.3 Å². The molecule has 1 heterocycles. The van der Waals surface area contributed by atoms with E-state index in [0.717, 1.165) is 46.5 Å². The van der Waals surface area contributed by atoms with Gasteiger partial charge in [0.1, 0.15) is 11.5 Å². The molecule has 0 aliphatic rings. The Morgan fingerprint density at radius 1 is 1.14 bits per heavy atom. The number of aromatic nitrogens is 1. The lowest BCUT2D eigenvalue weighted by Gasteiger charge is -2.12. The lowest BCUT2D eigenvalue weighted by Crippen LogP contribution is -2.42. The number of ether oxygens (including phenoxy) is 2. The lowest BCUT2D eigenvalue weighted by atomic mass is 10.1. The van der Waals surface area contributed by atoms with Crippen molar-refractivity contribution in [1.29, 1.82) is 0 Å². The fourth-order valence-corrected chi connectivity index (χ4v) is 3.24. The number of carbonyl (C=O) groups is 1. The van der Waals surface area contributed by atoms with E-state index in [1.54, 1.807) is 14.2 Å². The topological polar surface area (TPSA) is 89.4 Å². The lowest BCUT2D eigenvalue weighted by molar-refractivity contribution is -0.122. The van der Waals surface area contributed by atoms with E-state index in [1.165, 1.54) is 0 Å². The quantitative estimate of drug-likeness (QED) is 0.466. The minimum absolute atomic E-state index is 0. The predicted molar refractivity (Wildman–Crippen MR) is 118 cm³/mol. The summed E-state index contributed by atoms with van der Waals surface area (Å²) in [5, 5.41) is 3.95. The average Bonchev–Trinajstić information content (AvgIpc) is 3.13. The van der Waals surface area contributed by atoms with Crippen LogP contribution in [0.25, 0.3) is 10.9 Å². The maximum Gasteiger partial charge on any atom is 0.237 e. The normalized spacial score (nSPS) is 11.6. The highest BCUT2D eigenvalue weighted by molar-refractivity contribution is 5.88. The van der Waals surface area contributed by atoms with Gasteiger partial charge in [0, 0.05) is 29.8 Å². The van der Waals surface area contributed by atoms with Gasteiger partial charge in [0.2, 0.25) is 5.91 Å². The molecule has 0 aliphatic heterocycles. The first-order valence-electron chi connectivity index (χ1n) is 9.41. The molecule has 1 aromatic heterocycles. The van der Waals surface area contributed by atoms with Gasteiger partial charge in [-0.05, 0) is 30.9 Å². The molecule has 4 N–H and O–H groups in total. The monoisotopic (exact) mass is 417 g/mol. The zero-order chi connectivity index (χ0) is 19.9. The second-order valence-electron chi connectivity index (χ2n) is 6.78. The number of fused-ring (bicyclic) bond motifs is 1. The van der Waals surface area contributed by atoms with Gasteiger partial charge >= 0.3 is 0 Å². The number of amides is 1. The van der Waals surface area contributed by atoms with Crippen LogP contribution >= 0.6 is 12.4 Å². The number of hydrogen-bond acceptors (Lipinski definition) is 4. The van der Waals surface area contributed by atoms with Gasteiger partial charge in [-0.2, -0.15) is 0 Å². The van der Waals surface area contributed by atoms with Crippen molar-refractivity contribution < 1.29 is 14.3 Å². The van der Waals surface area contributed by atoms with Crippen LogP contribution in [-0.4, -0.2) is 37.7 Å². The first-order valence-corrected chi connectivity index (χ1v) is 9.41. The summed E-state index contributed by atoms with van der Waals surface area (Å²) >= 11 is 0. The molecule has 0 aliphatic carbocycles. The summed E-state index contributed by atoms with van der Waals surface area (Å²) in [5.41, 5.74) is 9.13. The Bertz CT molecular complexity index is 928. The number of aryl methyl sites for hydroxylation is 1. The summed E-state index contributed by atoms with van der Waals surface area (Å²) in [5.74, 6) is 1.40. The number of hydrogen-bond donors (Lipinski definition) is 3. The van der Waals surface area contributed by atoms with Gasteiger partial charge in [0.25, 0.3) is 0 Å². The maximum absolute atomic E-state index is 12.2. The van der Waals surface area contributed by atoms with Crippen LogP contribution in [0, 0.1) is 0 Å². The fourth-order valence-electron chi connectivity index (χ4n) is 3.24. The number of nitrogens with one attached hydrogen (secondary N) is 2. The van der Waals surface area contributed by atoms with Crippen LogP contribution in [0.2, 0.25) is 0 Å². The number of H-pyrrole nitrogens is 1. The van der Waals surface area contributed by atoms with Crippen LogP contribution in [0.4, 0.5) is 0 Å². The minimum atomic E-state index is -0.535. The summed E-state index contributed by atoms with van der Waals surface area (Å²) in [4.78, 5) is 15.6. The van der Waals surface area contributed by atoms with Crippen LogP contribution in [0.3, 0.4) is 0 Å². The molecule has 0 saturated carbocycles. The largest absolute Gasteiger partial charge is 0.497 e. The van der Waals surface area contributed by atoms with Crippen molar-refractivity contribution in [3.8, 4) is 11.5 Å². The van der Waals surface area contributed by atoms with E-state index in [-0.39, 0.29) is 18.3 Å². The van der Waals surface area contributed by atoms with E-state index >= 15 is 0 Å². The third-order valence-corrected chi connectivity index (χ3v) is 4.74. The molecule has 0 fully saturated rings. The van der Waals surface area contributed by atoms with Crippen LogP contribution < -0.4 is 20.5 Å². The second-order valence-corrected chi connectivity index (χ2v) is 6.78. The number of benzene rings is 2. The van der Waals surface area contributed by atoms with Crippen molar-refractivity contribution in [2.75, 3.05) is 20.8 Å². The third-order valence-electron chi connectivity index (χ3n) is 4.74. The Balaban J connectivity index is 0.00000300. The van der Waals surface area contributed by atoms with E-state index in [1.807, 2.05) is 42.5 Å². The Morgan fingerprint density at radius 3 is 2.59 bits per heavy atom. The van der Waals surface area contributed by atoms with Gasteiger partial charge in [0.05, 0.1) is 25.8 Å². The van der Waals surface area contributed by atoms with Gasteiger partial charge in [-0.1, -0.05) is 30.3 Å². The predicted octanol–water partition coefficient (Wildman–Crippen LogP) is 3.23. The Kier molecular flexibility index (Phi) is 8.36. The molecule has 3 rings (SSSR count). The molecule has 0 unspecified atom stereocenters. The van der Waals surface area contributed by atoms with Crippen molar-refractivity contribution in [3.05, 3.63) is 59.8 Å². The smallest absolute Gasteiger partial charge is 0.237 e. The van der Waals surface area contributed by atoms with Gasteiger partial charge < -0.3 is 25.5 Å². The fraction of sp³-hybridized carbons (Fsp3) is 0.318. The molecule has 0 radical (unpaired) electrons. The molecule has 0 saturated heterocycles. The highest BCUT2D eigenvalue weighted by atomic mass is 35.5. The molecule has 1 atom stereocenters. The molecule has 6 nitrogen and oxygen atoms in total. The van der Waals surface area contributed by atoms with Crippen molar-refractivity contribution in [2.24, 2.45) is 5.73 Å². The Morgan fingerprint density at radius 2 is 1.90 bits per heavy atom. The number of carbonyl (C=O) groups excluding carboxylic acids is 1. The Labute approximate surface area is 177 Å². The molecule has 0 bridgehead atoms. The van der Waals surface area contributed by atoms with E-state index in [2.05, 4.69) is 16.4 Å². The highest BCUT2D eigenvalue weighted by Crippen LogP contribution is 2.31. The van der Waals surface area contributed by atoms with Crippen molar-refractivity contribution >= 4 is 29.2 Å². The highest BCUT2D eigenvalue weighted by Gasteiger charge is 2.13. The van der Waals surface area contributed by atoms with E-state index in [4.69, 9.17) is 15.2 Å². The standard InChI is InChI=1S/C22H27N3O3.ClH/c1-27-17-13-20-18(21(14-17)28-2)12-16(25-20)9-6-10-24-22(26)19(23)11-15-7-4-3-5-8-15;/h3-5,7-8,12-14,19,25H,6,9-11,23H2,1-2H3,(H,24,26);1H/t19-;/m0./s1. The zero-order valence-electron chi connectivity index (χ0n) is 16.7.